The fourth-order valence-electron chi connectivity index (χ4n) is 3.40. The van der Waals surface area contributed by atoms with Gasteiger partial charge in [-0.15, -0.1) is 0 Å². The fourth-order valence-corrected chi connectivity index (χ4v) is 3.40. The molecule has 1 saturated heterocycles. The molecule has 2 aliphatic heterocycles. The van der Waals surface area contributed by atoms with Crippen LogP contribution >= 0.6 is 0 Å². The van der Waals surface area contributed by atoms with Crippen molar-refractivity contribution in [2.24, 2.45) is 0 Å². The molecule has 1 atom stereocenters. The minimum atomic E-state index is -0.628. The van der Waals surface area contributed by atoms with Crippen LogP contribution < -0.4 is 0 Å². The Morgan fingerprint density at radius 3 is 2.57 bits per heavy atom. The molecule has 6 nitrogen and oxygen atoms in total. The van der Waals surface area contributed by atoms with Crippen LogP contribution in [0.1, 0.15) is 37.3 Å². The molecule has 0 spiro atoms. The van der Waals surface area contributed by atoms with Crippen LogP contribution in [0.2, 0.25) is 0 Å². The van der Waals surface area contributed by atoms with Gasteiger partial charge in [0.05, 0.1) is 5.57 Å². The molecule has 1 amide bonds. The number of Topliss-reactive ketones (excluding diaryl/α,β-unsaturated/α-hetero) is 1. The molecule has 3 rings (SSSR count). The zero-order chi connectivity index (χ0) is 16.6. The van der Waals surface area contributed by atoms with Crippen molar-refractivity contribution in [3.05, 3.63) is 35.0 Å². The monoisotopic (exact) mass is 318 g/mol. The number of aryl methyl sites for hydroxylation is 1. The molecule has 23 heavy (non-hydrogen) atoms. The third-order valence-corrected chi connectivity index (χ3v) is 4.57. The normalized spacial score (nSPS) is 22.4. The molecule has 0 saturated carbocycles. The van der Waals surface area contributed by atoms with E-state index in [4.69, 9.17) is 4.42 Å². The van der Waals surface area contributed by atoms with Crippen molar-refractivity contribution in [1.29, 1.82) is 0 Å². The van der Waals surface area contributed by atoms with Crippen molar-refractivity contribution in [2.45, 2.75) is 32.7 Å². The van der Waals surface area contributed by atoms with Gasteiger partial charge in [0.15, 0.2) is 11.5 Å². The van der Waals surface area contributed by atoms with Gasteiger partial charge < -0.3 is 19.3 Å². The highest BCUT2D eigenvalue weighted by Gasteiger charge is 2.43. The van der Waals surface area contributed by atoms with E-state index in [0.717, 1.165) is 19.6 Å². The number of nitrogens with zero attached hydrogens (tertiary/aromatic N) is 2. The molecule has 3 heterocycles. The fraction of sp³-hybridized carbons (Fsp3) is 0.529. The minimum absolute atomic E-state index is 0.130. The van der Waals surface area contributed by atoms with Gasteiger partial charge in [-0.05, 0) is 51.9 Å². The number of aliphatic hydroxyl groups is 1. The number of likely N-dealkylation sites (tertiary alicyclic amines) is 1. The lowest BCUT2D eigenvalue weighted by atomic mass is 10.0. The summed E-state index contributed by atoms with van der Waals surface area (Å²) < 4.78 is 5.64. The van der Waals surface area contributed by atoms with Gasteiger partial charge in [0.2, 0.25) is 0 Å². The molecule has 1 fully saturated rings. The van der Waals surface area contributed by atoms with Crippen LogP contribution in [-0.4, -0.2) is 52.8 Å². The lowest BCUT2D eigenvalue weighted by Gasteiger charge is -2.26. The standard InChI is InChI=1S/C17H22N2O4/c1-11-5-6-13(23-11)15-14(12(2)20)16(21)17(22)19(15)10-9-18-7-3-4-8-18/h5-6,15,21H,3-4,7-10H2,1-2H3. The van der Waals surface area contributed by atoms with Gasteiger partial charge in [-0.3, -0.25) is 9.59 Å². The molecule has 1 N–H and O–H groups in total. The Hall–Kier alpha value is -2.08. The SMILES string of the molecule is CC(=O)C1=C(O)C(=O)N(CCN2CCCC2)C1c1ccc(C)o1. The number of aliphatic hydroxyl groups excluding tert-OH is 1. The van der Waals surface area contributed by atoms with Crippen molar-refractivity contribution in [3.8, 4) is 0 Å². The maximum absolute atomic E-state index is 12.4. The molecule has 1 aromatic rings. The zero-order valence-corrected chi connectivity index (χ0v) is 13.5. The van der Waals surface area contributed by atoms with E-state index in [0.29, 0.717) is 18.1 Å². The maximum atomic E-state index is 12.4. The van der Waals surface area contributed by atoms with E-state index >= 15 is 0 Å². The minimum Gasteiger partial charge on any atom is -0.503 e. The van der Waals surface area contributed by atoms with E-state index in [-0.39, 0.29) is 11.4 Å². The Balaban J connectivity index is 1.87. The number of carbonyl (C=O) groups is 2. The van der Waals surface area contributed by atoms with Crippen LogP contribution in [0.25, 0.3) is 0 Å². The van der Waals surface area contributed by atoms with Crippen molar-refractivity contribution in [2.75, 3.05) is 26.2 Å². The first kappa shape index (κ1) is 15.8. The molecule has 6 heteroatoms. The average molecular weight is 318 g/mol. The van der Waals surface area contributed by atoms with Crippen molar-refractivity contribution < 1.29 is 19.1 Å². The molecule has 0 aliphatic carbocycles. The third kappa shape index (κ3) is 2.91. The quantitative estimate of drug-likeness (QED) is 0.898. The van der Waals surface area contributed by atoms with Gasteiger partial charge in [-0.1, -0.05) is 0 Å². The third-order valence-electron chi connectivity index (χ3n) is 4.57. The van der Waals surface area contributed by atoms with E-state index < -0.39 is 17.7 Å². The lowest BCUT2D eigenvalue weighted by molar-refractivity contribution is -0.129. The van der Waals surface area contributed by atoms with Crippen LogP contribution in [0.4, 0.5) is 0 Å². The largest absolute Gasteiger partial charge is 0.503 e. The van der Waals surface area contributed by atoms with Gasteiger partial charge in [-0.25, -0.2) is 0 Å². The summed E-state index contributed by atoms with van der Waals surface area (Å²) in [6, 6.07) is 2.93. The molecular weight excluding hydrogens is 296 g/mol. The second-order valence-corrected chi connectivity index (χ2v) is 6.22. The summed E-state index contributed by atoms with van der Waals surface area (Å²) in [6.45, 7) is 6.44. The molecular formula is C17H22N2O4. The average Bonchev–Trinajstić information content (AvgIpc) is 3.20. The van der Waals surface area contributed by atoms with Crippen LogP contribution in [-0.2, 0) is 9.59 Å². The lowest BCUT2D eigenvalue weighted by Crippen LogP contribution is -2.37. The van der Waals surface area contributed by atoms with Gasteiger partial charge in [-0.2, -0.15) is 0 Å². The Morgan fingerprint density at radius 1 is 1.30 bits per heavy atom. The second kappa shape index (κ2) is 6.20. The predicted molar refractivity (Wildman–Crippen MR) is 83.9 cm³/mol. The number of rotatable bonds is 5. The van der Waals surface area contributed by atoms with Gasteiger partial charge in [0, 0.05) is 13.1 Å². The van der Waals surface area contributed by atoms with Crippen molar-refractivity contribution >= 4 is 11.7 Å². The van der Waals surface area contributed by atoms with Gasteiger partial charge in [0.25, 0.3) is 5.91 Å². The Bertz CT molecular complexity index is 655. The van der Waals surface area contributed by atoms with E-state index in [1.807, 2.05) is 6.92 Å². The Morgan fingerprint density at radius 2 is 2.00 bits per heavy atom. The molecule has 124 valence electrons. The Kier molecular flexibility index (Phi) is 4.26. The van der Waals surface area contributed by atoms with E-state index in [1.54, 1.807) is 17.0 Å². The topological polar surface area (TPSA) is 74.0 Å². The number of furan rings is 1. The molecule has 0 radical (unpaired) electrons. The number of hydrogen-bond donors (Lipinski definition) is 1. The van der Waals surface area contributed by atoms with Gasteiger partial charge >= 0.3 is 0 Å². The van der Waals surface area contributed by atoms with E-state index in [9.17, 15) is 14.7 Å². The summed E-state index contributed by atoms with van der Waals surface area (Å²) in [7, 11) is 0. The zero-order valence-electron chi connectivity index (χ0n) is 13.5. The summed E-state index contributed by atoms with van der Waals surface area (Å²) in [6.07, 6.45) is 2.36. The summed E-state index contributed by atoms with van der Waals surface area (Å²) in [4.78, 5) is 28.2. The molecule has 1 aromatic heterocycles. The second-order valence-electron chi connectivity index (χ2n) is 6.22. The van der Waals surface area contributed by atoms with Crippen molar-refractivity contribution in [3.63, 3.8) is 0 Å². The predicted octanol–water partition coefficient (Wildman–Crippen LogP) is 1.97. The highest BCUT2D eigenvalue weighted by molar-refractivity contribution is 6.07. The van der Waals surface area contributed by atoms with Crippen LogP contribution in [0.5, 0.6) is 0 Å². The Labute approximate surface area is 135 Å². The van der Waals surface area contributed by atoms with Crippen LogP contribution in [0.3, 0.4) is 0 Å². The van der Waals surface area contributed by atoms with Crippen LogP contribution in [0.15, 0.2) is 27.9 Å². The number of hydrogen-bond acceptors (Lipinski definition) is 5. The van der Waals surface area contributed by atoms with Gasteiger partial charge in [0.1, 0.15) is 17.6 Å². The molecule has 0 bridgehead atoms. The number of carbonyl (C=O) groups excluding carboxylic acids is 2. The first-order valence-electron chi connectivity index (χ1n) is 8.02. The highest BCUT2D eigenvalue weighted by atomic mass is 16.3. The summed E-state index contributed by atoms with van der Waals surface area (Å²) in [5.74, 6) is -0.0160. The number of amides is 1. The van der Waals surface area contributed by atoms with E-state index in [1.165, 1.54) is 19.8 Å². The summed E-state index contributed by atoms with van der Waals surface area (Å²) in [5.41, 5.74) is 0.130. The van der Waals surface area contributed by atoms with Crippen LogP contribution in [0, 0.1) is 6.92 Å². The van der Waals surface area contributed by atoms with Crippen molar-refractivity contribution in [1.82, 2.24) is 9.80 Å². The summed E-state index contributed by atoms with van der Waals surface area (Å²) in [5, 5.41) is 10.1. The molecule has 0 aromatic carbocycles. The molecule has 2 aliphatic rings. The number of ketones is 1. The first-order valence-corrected chi connectivity index (χ1v) is 8.02. The maximum Gasteiger partial charge on any atom is 0.290 e. The summed E-state index contributed by atoms with van der Waals surface area (Å²) >= 11 is 0. The smallest absolute Gasteiger partial charge is 0.290 e. The van der Waals surface area contributed by atoms with E-state index in [2.05, 4.69) is 4.90 Å². The highest BCUT2D eigenvalue weighted by Crippen LogP contribution is 2.38. The first-order chi connectivity index (χ1) is 11.0. The molecule has 1 unspecified atom stereocenters.